The van der Waals surface area contributed by atoms with Gasteiger partial charge in [-0.2, -0.15) is 0 Å². The molecule has 2 nitrogen and oxygen atoms in total. The van der Waals surface area contributed by atoms with Crippen molar-refractivity contribution in [3.05, 3.63) is 59.4 Å². The lowest BCUT2D eigenvalue weighted by Gasteiger charge is -2.12. The van der Waals surface area contributed by atoms with Crippen LogP contribution in [0.1, 0.15) is 33.3 Å². The van der Waals surface area contributed by atoms with Crippen molar-refractivity contribution in [2.75, 3.05) is 0 Å². The van der Waals surface area contributed by atoms with Gasteiger partial charge in [0.15, 0.2) is 0 Å². The fourth-order valence-corrected chi connectivity index (χ4v) is 3.65. The number of carbonyl (C=O) groups excluding carboxylic acids is 1. The number of carbonyl (C=O) groups is 1. The van der Waals surface area contributed by atoms with E-state index in [2.05, 4.69) is 0 Å². The molecule has 0 spiro atoms. The maximum atomic E-state index is 14.8. The summed E-state index contributed by atoms with van der Waals surface area (Å²) in [7, 11) is 0. The molecule has 0 unspecified atom stereocenters. The van der Waals surface area contributed by atoms with Crippen molar-refractivity contribution in [1.82, 2.24) is 0 Å². The quantitative estimate of drug-likeness (QED) is 0.672. The molecule has 0 radical (unpaired) electrons. The van der Waals surface area contributed by atoms with E-state index >= 15 is 0 Å². The van der Waals surface area contributed by atoms with Crippen LogP contribution in [0.15, 0.2) is 36.4 Å². The van der Waals surface area contributed by atoms with Crippen LogP contribution in [0.3, 0.4) is 0 Å². The molecule has 0 saturated heterocycles. The highest BCUT2D eigenvalue weighted by Gasteiger charge is 2.69. The lowest BCUT2D eigenvalue weighted by Crippen LogP contribution is -2.13. The molecule has 5 heteroatoms. The molecule has 3 rings (SSSR count). The van der Waals surface area contributed by atoms with Gasteiger partial charge in [0.2, 0.25) is 0 Å². The summed E-state index contributed by atoms with van der Waals surface area (Å²) in [5.74, 6) is -3.94. The number of rotatable bonds is 4. The van der Waals surface area contributed by atoms with E-state index in [0.29, 0.717) is 11.6 Å². The van der Waals surface area contributed by atoms with Gasteiger partial charge in [-0.15, -0.1) is 0 Å². The zero-order chi connectivity index (χ0) is 19.3. The SMILES string of the molecule is CC1(C)C(C(=O)OCc2c(F)cc(F)c(-c3ccccc3)c2F)C1(C)C. The number of hydrogen-bond acceptors (Lipinski definition) is 2. The van der Waals surface area contributed by atoms with Gasteiger partial charge in [0.25, 0.3) is 0 Å². The fraction of sp³-hybridized carbons (Fsp3) is 0.381. The molecule has 0 aliphatic heterocycles. The molecule has 2 aromatic carbocycles. The van der Waals surface area contributed by atoms with Crippen molar-refractivity contribution < 1.29 is 22.7 Å². The van der Waals surface area contributed by atoms with E-state index in [-0.39, 0.29) is 22.3 Å². The van der Waals surface area contributed by atoms with Gasteiger partial charge in [-0.3, -0.25) is 4.79 Å². The number of halogens is 3. The van der Waals surface area contributed by atoms with Crippen molar-refractivity contribution in [3.63, 3.8) is 0 Å². The van der Waals surface area contributed by atoms with E-state index in [0.717, 1.165) is 0 Å². The molecule has 0 aromatic heterocycles. The van der Waals surface area contributed by atoms with Gasteiger partial charge in [0, 0.05) is 6.07 Å². The molecular weight excluding hydrogens is 341 g/mol. The third-order valence-corrected chi connectivity index (χ3v) is 5.94. The van der Waals surface area contributed by atoms with Gasteiger partial charge in [-0.05, 0) is 16.4 Å². The second-order valence-corrected chi connectivity index (χ2v) is 7.86. The lowest BCUT2D eigenvalue weighted by molar-refractivity contribution is -0.148. The maximum absolute atomic E-state index is 14.8. The Bertz CT molecular complexity index is 843. The lowest BCUT2D eigenvalue weighted by atomic mass is 10.0. The summed E-state index contributed by atoms with van der Waals surface area (Å²) in [5, 5.41) is 0. The fourth-order valence-electron chi connectivity index (χ4n) is 3.65. The van der Waals surface area contributed by atoms with Crippen molar-refractivity contribution in [2.24, 2.45) is 16.7 Å². The minimum atomic E-state index is -1.07. The Balaban J connectivity index is 1.86. The monoisotopic (exact) mass is 362 g/mol. The van der Waals surface area contributed by atoms with E-state index in [9.17, 15) is 18.0 Å². The first kappa shape index (κ1) is 18.5. The minimum absolute atomic E-state index is 0.237. The topological polar surface area (TPSA) is 26.3 Å². The molecule has 0 amide bonds. The van der Waals surface area contributed by atoms with E-state index in [4.69, 9.17) is 4.74 Å². The van der Waals surface area contributed by atoms with Crippen LogP contribution in [0.2, 0.25) is 0 Å². The van der Waals surface area contributed by atoms with E-state index < -0.39 is 35.6 Å². The van der Waals surface area contributed by atoms with E-state index in [1.807, 2.05) is 27.7 Å². The van der Waals surface area contributed by atoms with Gasteiger partial charge in [-0.1, -0.05) is 58.0 Å². The Labute approximate surface area is 151 Å². The second kappa shape index (κ2) is 6.15. The summed E-state index contributed by atoms with van der Waals surface area (Å²) in [4.78, 5) is 12.3. The molecule has 0 N–H and O–H groups in total. The van der Waals surface area contributed by atoms with Crippen LogP contribution in [0.5, 0.6) is 0 Å². The predicted molar refractivity (Wildman–Crippen MR) is 92.6 cm³/mol. The highest BCUT2D eigenvalue weighted by atomic mass is 19.1. The summed E-state index contributed by atoms with van der Waals surface area (Å²) >= 11 is 0. The van der Waals surface area contributed by atoms with Crippen LogP contribution < -0.4 is 0 Å². The van der Waals surface area contributed by atoms with Crippen LogP contribution in [-0.4, -0.2) is 5.97 Å². The molecule has 0 bridgehead atoms. The number of esters is 1. The zero-order valence-corrected chi connectivity index (χ0v) is 15.2. The average molecular weight is 362 g/mol. The summed E-state index contributed by atoms with van der Waals surface area (Å²) in [6, 6.07) is 8.67. The highest BCUT2D eigenvalue weighted by molar-refractivity contribution is 5.79. The average Bonchev–Trinajstić information content (AvgIpc) is 2.96. The summed E-state index contributed by atoms with van der Waals surface area (Å²) in [6.45, 7) is 7.23. The second-order valence-electron chi connectivity index (χ2n) is 7.86. The molecule has 26 heavy (non-hydrogen) atoms. The molecule has 1 aliphatic carbocycles. The van der Waals surface area contributed by atoms with Crippen LogP contribution >= 0.6 is 0 Å². The largest absolute Gasteiger partial charge is 0.460 e. The third kappa shape index (κ3) is 2.79. The molecule has 1 saturated carbocycles. The van der Waals surface area contributed by atoms with Crippen molar-refractivity contribution in [2.45, 2.75) is 34.3 Å². The number of hydrogen-bond donors (Lipinski definition) is 0. The number of ether oxygens (including phenoxy) is 1. The molecule has 2 aromatic rings. The Morgan fingerprint density at radius 1 is 1.00 bits per heavy atom. The number of benzene rings is 2. The van der Waals surface area contributed by atoms with Crippen LogP contribution in [0.4, 0.5) is 13.2 Å². The Kier molecular flexibility index (Phi) is 4.37. The smallest absolute Gasteiger partial charge is 0.310 e. The molecule has 0 heterocycles. The van der Waals surface area contributed by atoms with E-state index in [1.54, 1.807) is 18.2 Å². The normalized spacial score (nSPS) is 17.8. The Hall–Kier alpha value is -2.30. The Morgan fingerprint density at radius 3 is 2.12 bits per heavy atom. The summed E-state index contributed by atoms with van der Waals surface area (Å²) < 4.78 is 48.2. The third-order valence-electron chi connectivity index (χ3n) is 5.94. The zero-order valence-electron chi connectivity index (χ0n) is 15.2. The van der Waals surface area contributed by atoms with Crippen molar-refractivity contribution in [1.29, 1.82) is 0 Å². The molecular formula is C21H21F3O2. The predicted octanol–water partition coefficient (Wildman–Crippen LogP) is 5.50. The molecule has 0 atom stereocenters. The van der Waals surface area contributed by atoms with Crippen LogP contribution in [0, 0.1) is 34.2 Å². The summed E-state index contributed by atoms with van der Waals surface area (Å²) in [6.07, 6.45) is 0. The first-order chi connectivity index (χ1) is 12.1. The first-order valence-electron chi connectivity index (χ1n) is 8.47. The van der Waals surface area contributed by atoms with E-state index in [1.165, 1.54) is 12.1 Å². The standard InChI is InChI=1S/C21H21F3O2/c1-20(2)18(21(20,3)4)19(25)26-11-13-14(22)10-15(23)16(17(13)24)12-8-6-5-7-9-12/h5-10,18H,11H2,1-4H3. The van der Waals surface area contributed by atoms with Crippen molar-refractivity contribution in [3.8, 4) is 11.1 Å². The van der Waals surface area contributed by atoms with Gasteiger partial charge < -0.3 is 4.74 Å². The van der Waals surface area contributed by atoms with Crippen molar-refractivity contribution >= 4 is 5.97 Å². The minimum Gasteiger partial charge on any atom is -0.460 e. The van der Waals surface area contributed by atoms with Crippen LogP contribution in [-0.2, 0) is 16.1 Å². The molecule has 138 valence electrons. The van der Waals surface area contributed by atoms with Gasteiger partial charge in [0.05, 0.1) is 17.0 Å². The van der Waals surface area contributed by atoms with Gasteiger partial charge >= 0.3 is 5.97 Å². The van der Waals surface area contributed by atoms with Gasteiger partial charge in [0.1, 0.15) is 24.1 Å². The first-order valence-corrected chi connectivity index (χ1v) is 8.47. The molecule has 1 fully saturated rings. The molecule has 1 aliphatic rings. The maximum Gasteiger partial charge on any atom is 0.310 e. The van der Waals surface area contributed by atoms with Crippen LogP contribution in [0.25, 0.3) is 11.1 Å². The Morgan fingerprint density at radius 2 is 1.58 bits per heavy atom. The van der Waals surface area contributed by atoms with Gasteiger partial charge in [-0.25, -0.2) is 13.2 Å². The highest BCUT2D eigenvalue weighted by Crippen LogP contribution is 2.68. The summed E-state index contributed by atoms with van der Waals surface area (Å²) in [5.41, 5.74) is -0.960.